The van der Waals surface area contributed by atoms with Gasteiger partial charge in [0.15, 0.2) is 0 Å². The molecule has 1 saturated heterocycles. The molecule has 1 aliphatic rings. The molecule has 0 radical (unpaired) electrons. The number of hydrogen-bond acceptors (Lipinski definition) is 3. The molecule has 5 nitrogen and oxygen atoms in total. The zero-order valence-corrected chi connectivity index (χ0v) is 15.6. The summed E-state index contributed by atoms with van der Waals surface area (Å²) in [6.45, 7) is 11.7. The van der Waals surface area contributed by atoms with E-state index in [1.54, 1.807) is 0 Å². The number of aromatic nitrogens is 1. The van der Waals surface area contributed by atoms with Gasteiger partial charge in [0.1, 0.15) is 0 Å². The molecule has 1 aliphatic heterocycles. The first-order valence-electron chi connectivity index (χ1n) is 9.04. The van der Waals surface area contributed by atoms with Crippen molar-refractivity contribution in [3.05, 3.63) is 33.7 Å². The monoisotopic (exact) mass is 333 g/mol. The van der Waals surface area contributed by atoms with Crippen molar-refractivity contribution in [3.63, 3.8) is 0 Å². The number of hydrogen-bond donors (Lipinski definition) is 1. The zero-order chi connectivity index (χ0) is 17.9. The van der Waals surface area contributed by atoms with Crippen molar-refractivity contribution in [1.82, 2.24) is 14.8 Å². The van der Waals surface area contributed by atoms with Gasteiger partial charge in [-0.05, 0) is 37.3 Å². The maximum atomic E-state index is 12.9. The summed E-state index contributed by atoms with van der Waals surface area (Å²) in [6.07, 6.45) is 1.75. The minimum atomic E-state index is -0.196. The van der Waals surface area contributed by atoms with Gasteiger partial charge in [-0.1, -0.05) is 27.7 Å². The Morgan fingerprint density at radius 3 is 2.71 bits per heavy atom. The summed E-state index contributed by atoms with van der Waals surface area (Å²) in [5.41, 5.74) is 1.14. The molecule has 0 bridgehead atoms. The van der Waals surface area contributed by atoms with Gasteiger partial charge in [0, 0.05) is 43.5 Å². The fraction of sp³-hybridized carbons (Fsp3) is 0.684. The van der Waals surface area contributed by atoms with E-state index in [2.05, 4.69) is 37.6 Å². The summed E-state index contributed by atoms with van der Waals surface area (Å²) in [5, 5.41) is 0. The van der Waals surface area contributed by atoms with Crippen LogP contribution in [0.3, 0.4) is 0 Å². The molecule has 0 spiro atoms. The van der Waals surface area contributed by atoms with Crippen LogP contribution in [0, 0.1) is 11.8 Å². The molecule has 2 heterocycles. The number of amides is 1. The number of carbonyl (C=O) groups is 1. The van der Waals surface area contributed by atoms with Gasteiger partial charge in [0.2, 0.25) is 5.56 Å². The van der Waals surface area contributed by atoms with Crippen LogP contribution in [0.4, 0.5) is 0 Å². The first-order valence-corrected chi connectivity index (χ1v) is 9.04. The molecule has 0 saturated carbocycles. The van der Waals surface area contributed by atoms with Gasteiger partial charge in [0.05, 0.1) is 0 Å². The van der Waals surface area contributed by atoms with E-state index in [1.807, 2.05) is 18.0 Å². The number of piperidine rings is 1. The molecular weight excluding hydrogens is 302 g/mol. The third kappa shape index (κ3) is 4.47. The van der Waals surface area contributed by atoms with Crippen LogP contribution in [-0.2, 0) is 6.42 Å². The average Bonchev–Trinajstić information content (AvgIpc) is 2.52. The number of likely N-dealkylation sites (tertiary alicyclic amines) is 1. The van der Waals surface area contributed by atoms with Crippen LogP contribution in [-0.4, -0.2) is 53.4 Å². The third-order valence-corrected chi connectivity index (χ3v) is 4.98. The van der Waals surface area contributed by atoms with E-state index in [-0.39, 0.29) is 17.5 Å². The highest BCUT2D eigenvalue weighted by Gasteiger charge is 2.31. The van der Waals surface area contributed by atoms with Crippen LogP contribution in [0.15, 0.2) is 16.9 Å². The van der Waals surface area contributed by atoms with Gasteiger partial charge in [0.25, 0.3) is 5.91 Å². The van der Waals surface area contributed by atoms with E-state index < -0.39 is 0 Å². The van der Waals surface area contributed by atoms with Crippen molar-refractivity contribution in [2.75, 3.05) is 26.7 Å². The van der Waals surface area contributed by atoms with Gasteiger partial charge in [-0.3, -0.25) is 9.59 Å². The van der Waals surface area contributed by atoms with E-state index in [0.29, 0.717) is 17.4 Å². The first-order chi connectivity index (χ1) is 11.3. The summed E-state index contributed by atoms with van der Waals surface area (Å²) in [4.78, 5) is 31.9. The molecule has 1 N–H and O–H groups in total. The first kappa shape index (κ1) is 18.7. The maximum absolute atomic E-state index is 12.9. The molecule has 1 amide bonds. The molecular formula is C19H31N3O2. The average molecular weight is 333 g/mol. The summed E-state index contributed by atoms with van der Waals surface area (Å²) in [6, 6.07) is 3.49. The van der Waals surface area contributed by atoms with E-state index in [1.165, 1.54) is 6.07 Å². The molecule has 0 aromatic carbocycles. The molecule has 5 heteroatoms. The van der Waals surface area contributed by atoms with Crippen LogP contribution in [0.25, 0.3) is 0 Å². The van der Waals surface area contributed by atoms with Crippen molar-refractivity contribution >= 4 is 5.91 Å². The Kier molecular flexibility index (Phi) is 6.21. The Bertz CT molecular complexity index is 623. The van der Waals surface area contributed by atoms with Crippen molar-refractivity contribution in [2.24, 2.45) is 11.8 Å². The molecule has 1 aromatic heterocycles. The molecule has 1 fully saturated rings. The fourth-order valence-corrected chi connectivity index (χ4v) is 3.71. The summed E-state index contributed by atoms with van der Waals surface area (Å²) >= 11 is 0. The number of carbonyl (C=O) groups excluding carboxylic acids is 1. The van der Waals surface area contributed by atoms with Crippen molar-refractivity contribution < 1.29 is 4.79 Å². The van der Waals surface area contributed by atoms with E-state index >= 15 is 0 Å². The van der Waals surface area contributed by atoms with Crippen LogP contribution < -0.4 is 5.56 Å². The summed E-state index contributed by atoms with van der Waals surface area (Å²) in [7, 11) is 1.87. The normalized spacial score (nSPS) is 21.9. The molecule has 134 valence electrons. The Balaban J connectivity index is 2.16. The molecule has 24 heavy (non-hydrogen) atoms. The lowest BCUT2D eigenvalue weighted by atomic mass is 9.92. The van der Waals surface area contributed by atoms with Crippen molar-refractivity contribution in [1.29, 1.82) is 0 Å². The molecule has 1 aromatic rings. The molecule has 2 rings (SSSR count). The lowest BCUT2D eigenvalue weighted by Crippen LogP contribution is -2.50. The highest BCUT2D eigenvalue weighted by atomic mass is 16.2. The quantitative estimate of drug-likeness (QED) is 0.900. The Morgan fingerprint density at radius 2 is 2.12 bits per heavy atom. The van der Waals surface area contributed by atoms with Crippen LogP contribution in [0.1, 0.15) is 50.2 Å². The Hall–Kier alpha value is -1.62. The van der Waals surface area contributed by atoms with Gasteiger partial charge < -0.3 is 14.8 Å². The number of H-pyrrole nitrogens is 1. The topological polar surface area (TPSA) is 56.4 Å². The van der Waals surface area contributed by atoms with Crippen LogP contribution >= 0.6 is 0 Å². The van der Waals surface area contributed by atoms with Crippen LogP contribution in [0.5, 0.6) is 0 Å². The fourth-order valence-electron chi connectivity index (χ4n) is 3.71. The van der Waals surface area contributed by atoms with Gasteiger partial charge in [-0.2, -0.15) is 0 Å². The van der Waals surface area contributed by atoms with E-state index in [4.69, 9.17) is 0 Å². The predicted octanol–water partition coefficient (Wildman–Crippen LogP) is 2.38. The minimum absolute atomic E-state index is 0.0482. The largest absolute Gasteiger partial charge is 0.338 e. The predicted molar refractivity (Wildman–Crippen MR) is 97.4 cm³/mol. The highest BCUT2D eigenvalue weighted by molar-refractivity contribution is 5.94. The second kappa shape index (κ2) is 7.97. The minimum Gasteiger partial charge on any atom is -0.338 e. The molecule has 2 atom stereocenters. The summed E-state index contributed by atoms with van der Waals surface area (Å²) in [5.74, 6) is 0.819. The number of nitrogens with one attached hydrogen (secondary N) is 1. The van der Waals surface area contributed by atoms with Gasteiger partial charge in [-0.25, -0.2) is 0 Å². The second-order valence-corrected chi connectivity index (χ2v) is 7.50. The van der Waals surface area contributed by atoms with E-state index in [0.717, 1.165) is 38.2 Å². The number of nitrogens with zero attached hydrogens (tertiary/aromatic N) is 2. The van der Waals surface area contributed by atoms with Crippen molar-refractivity contribution in [3.8, 4) is 0 Å². The Labute approximate surface area is 145 Å². The van der Waals surface area contributed by atoms with E-state index in [9.17, 15) is 9.59 Å². The third-order valence-electron chi connectivity index (χ3n) is 4.98. The SMILES string of the molecule is CCN1CC[C@@H](N(C)C(=O)c2cc(CC(C)C)[nH]c(=O)c2)[C@H](C)C1. The zero-order valence-electron chi connectivity index (χ0n) is 15.6. The summed E-state index contributed by atoms with van der Waals surface area (Å²) < 4.78 is 0. The molecule has 0 unspecified atom stereocenters. The second-order valence-electron chi connectivity index (χ2n) is 7.50. The number of rotatable bonds is 5. The van der Waals surface area contributed by atoms with Gasteiger partial charge >= 0.3 is 0 Å². The molecule has 0 aliphatic carbocycles. The lowest BCUT2D eigenvalue weighted by Gasteiger charge is -2.41. The van der Waals surface area contributed by atoms with Crippen molar-refractivity contribution in [2.45, 2.75) is 46.6 Å². The lowest BCUT2D eigenvalue weighted by molar-refractivity contribution is 0.0520. The van der Waals surface area contributed by atoms with Crippen LogP contribution in [0.2, 0.25) is 0 Å². The number of pyridine rings is 1. The smallest absolute Gasteiger partial charge is 0.254 e. The van der Waals surface area contributed by atoms with Gasteiger partial charge in [-0.15, -0.1) is 0 Å². The number of aromatic amines is 1. The highest BCUT2D eigenvalue weighted by Crippen LogP contribution is 2.22. The maximum Gasteiger partial charge on any atom is 0.254 e. The Morgan fingerprint density at radius 1 is 1.42 bits per heavy atom. The standard InChI is InChI=1S/C19H31N3O2/c1-6-22-8-7-17(14(4)12-22)21(5)19(24)15-10-16(9-13(2)3)20-18(23)11-15/h10-11,13-14,17H,6-9,12H2,1-5H3,(H,20,23)/t14-,17-/m1/s1.